The first kappa shape index (κ1) is 29.3. The van der Waals surface area contributed by atoms with Crippen LogP contribution < -0.4 is 10.6 Å². The summed E-state index contributed by atoms with van der Waals surface area (Å²) in [6.07, 6.45) is 2.97. The van der Waals surface area contributed by atoms with E-state index in [0.717, 1.165) is 24.2 Å². The second kappa shape index (κ2) is 15.2. The molecule has 2 unspecified atom stereocenters. The van der Waals surface area contributed by atoms with Crippen LogP contribution in [0.1, 0.15) is 73.1 Å². The monoisotopic (exact) mass is 532 g/mol. The molecule has 0 radical (unpaired) electrons. The van der Waals surface area contributed by atoms with Gasteiger partial charge in [0, 0.05) is 22.3 Å². The summed E-state index contributed by atoms with van der Waals surface area (Å²) in [5.41, 5.74) is 0.847. The maximum absolute atomic E-state index is 12.9. The van der Waals surface area contributed by atoms with Crippen molar-refractivity contribution in [1.82, 2.24) is 10.6 Å². The van der Waals surface area contributed by atoms with Crippen LogP contribution in [0.25, 0.3) is 0 Å². The second-order valence-electron chi connectivity index (χ2n) is 8.33. The Morgan fingerprint density at radius 3 is 1.83 bits per heavy atom. The predicted octanol–water partition coefficient (Wildman–Crippen LogP) is 5.23. The number of benzene rings is 2. The molecule has 0 fully saturated rings. The van der Waals surface area contributed by atoms with E-state index in [0.29, 0.717) is 16.0 Å². The van der Waals surface area contributed by atoms with E-state index in [1.54, 1.807) is 36.4 Å². The Labute approximate surface area is 219 Å². The summed E-state index contributed by atoms with van der Waals surface area (Å²) in [6.45, 7) is 4.09. The molecule has 36 heavy (non-hydrogen) atoms. The van der Waals surface area contributed by atoms with Crippen LogP contribution in [0.15, 0.2) is 58.3 Å². The van der Waals surface area contributed by atoms with Gasteiger partial charge in [-0.05, 0) is 50.5 Å². The summed E-state index contributed by atoms with van der Waals surface area (Å²) in [5.74, 6) is -2.95. The summed E-state index contributed by atoms with van der Waals surface area (Å²) >= 11 is 0. The Hall–Kier alpha value is -2.98. The van der Waals surface area contributed by atoms with E-state index >= 15 is 0 Å². The zero-order chi connectivity index (χ0) is 26.5. The number of carbonyl (C=O) groups is 4. The van der Waals surface area contributed by atoms with Crippen molar-refractivity contribution in [2.75, 3.05) is 0 Å². The van der Waals surface area contributed by atoms with E-state index in [-0.39, 0.29) is 31.2 Å². The van der Waals surface area contributed by atoms with E-state index < -0.39 is 23.9 Å². The number of hydrogen-bond donors (Lipinski definition) is 4. The molecule has 0 aliphatic carbocycles. The fraction of sp³-hybridized carbons (Fsp3) is 0.385. The molecule has 2 amide bonds. The molecule has 0 spiro atoms. The lowest BCUT2D eigenvalue weighted by molar-refractivity contribution is -0.140. The summed E-state index contributed by atoms with van der Waals surface area (Å²) < 4.78 is 0. The van der Waals surface area contributed by atoms with Crippen LogP contribution in [-0.2, 0) is 9.59 Å². The minimum Gasteiger partial charge on any atom is -0.481 e. The third kappa shape index (κ3) is 9.58. The van der Waals surface area contributed by atoms with Crippen LogP contribution in [0, 0.1) is 0 Å². The number of hydrogen-bond acceptors (Lipinski definition) is 6. The molecule has 0 aliphatic heterocycles. The van der Waals surface area contributed by atoms with Crippen LogP contribution >= 0.6 is 21.6 Å². The van der Waals surface area contributed by atoms with Crippen molar-refractivity contribution in [3.63, 3.8) is 0 Å². The SMILES string of the molecule is CCCCC(C)NC(=O)c1ccccc1SSc1ccccc1C(=O)NC(CCCC(=O)O)C(=O)O. The Kier molecular flexibility index (Phi) is 12.4. The van der Waals surface area contributed by atoms with Gasteiger partial charge in [0.05, 0.1) is 11.1 Å². The second-order valence-corrected chi connectivity index (χ2v) is 10.5. The fourth-order valence-electron chi connectivity index (χ4n) is 3.38. The molecule has 2 atom stereocenters. The van der Waals surface area contributed by atoms with Gasteiger partial charge in [-0.2, -0.15) is 0 Å². The number of aliphatic carboxylic acids is 2. The van der Waals surface area contributed by atoms with Crippen LogP contribution in [0.2, 0.25) is 0 Å². The van der Waals surface area contributed by atoms with Gasteiger partial charge in [0.2, 0.25) is 0 Å². The minimum atomic E-state index is -1.22. The van der Waals surface area contributed by atoms with Gasteiger partial charge in [-0.1, -0.05) is 65.6 Å². The summed E-state index contributed by atoms with van der Waals surface area (Å²) in [6, 6.07) is 12.9. The van der Waals surface area contributed by atoms with E-state index in [9.17, 15) is 24.3 Å². The Bertz CT molecular complexity index is 1060. The van der Waals surface area contributed by atoms with E-state index in [2.05, 4.69) is 17.6 Å². The molecule has 0 aliphatic rings. The lowest BCUT2D eigenvalue weighted by atomic mass is 10.1. The van der Waals surface area contributed by atoms with Gasteiger partial charge in [0.1, 0.15) is 6.04 Å². The number of carboxylic acid groups (broad SMARTS) is 2. The summed E-state index contributed by atoms with van der Waals surface area (Å²) in [5, 5.41) is 23.8. The van der Waals surface area contributed by atoms with Gasteiger partial charge in [0.15, 0.2) is 0 Å². The molecule has 10 heteroatoms. The number of carboxylic acids is 2. The molecule has 2 rings (SSSR count). The fourth-order valence-corrected chi connectivity index (χ4v) is 5.74. The van der Waals surface area contributed by atoms with E-state index in [1.165, 1.54) is 21.6 Å². The molecule has 4 N–H and O–H groups in total. The molecule has 0 aromatic heterocycles. The standard InChI is InChI=1S/C26H32N2O6S2/c1-3-4-10-17(2)27-24(31)18-11-5-7-14-21(18)35-36-22-15-8-6-12-19(22)25(32)28-20(26(33)34)13-9-16-23(29)30/h5-8,11-12,14-15,17,20H,3-4,9-10,13,16H2,1-2H3,(H,27,31)(H,28,32)(H,29,30)(H,33,34). The zero-order valence-electron chi connectivity index (χ0n) is 20.4. The van der Waals surface area contributed by atoms with Crippen molar-refractivity contribution >= 4 is 45.3 Å². The molecule has 0 heterocycles. The minimum absolute atomic E-state index is 0.0105. The quantitative estimate of drug-likeness (QED) is 0.229. The molecular formula is C26H32N2O6S2. The van der Waals surface area contributed by atoms with Gasteiger partial charge >= 0.3 is 11.9 Å². The van der Waals surface area contributed by atoms with Gasteiger partial charge in [-0.3, -0.25) is 14.4 Å². The highest BCUT2D eigenvalue weighted by atomic mass is 33.1. The molecular weight excluding hydrogens is 500 g/mol. The number of amides is 2. The Morgan fingerprint density at radius 2 is 1.33 bits per heavy atom. The highest BCUT2D eigenvalue weighted by Gasteiger charge is 2.23. The summed E-state index contributed by atoms with van der Waals surface area (Å²) in [4.78, 5) is 49.4. The lowest BCUT2D eigenvalue weighted by Crippen LogP contribution is -2.41. The largest absolute Gasteiger partial charge is 0.481 e. The topological polar surface area (TPSA) is 133 Å². The lowest BCUT2D eigenvalue weighted by Gasteiger charge is -2.16. The molecule has 0 saturated carbocycles. The smallest absolute Gasteiger partial charge is 0.326 e. The normalized spacial score (nSPS) is 12.4. The van der Waals surface area contributed by atoms with E-state index in [4.69, 9.17) is 5.11 Å². The number of unbranched alkanes of at least 4 members (excludes halogenated alkanes) is 1. The molecule has 2 aromatic carbocycles. The van der Waals surface area contributed by atoms with Crippen molar-refractivity contribution in [1.29, 1.82) is 0 Å². The number of nitrogens with one attached hydrogen (secondary N) is 2. The Morgan fingerprint density at radius 1 is 0.806 bits per heavy atom. The van der Waals surface area contributed by atoms with Crippen LogP contribution in [0.4, 0.5) is 0 Å². The van der Waals surface area contributed by atoms with Crippen molar-refractivity contribution in [3.05, 3.63) is 59.7 Å². The first-order chi connectivity index (χ1) is 17.2. The Balaban J connectivity index is 2.10. The first-order valence-corrected chi connectivity index (χ1v) is 14.0. The van der Waals surface area contributed by atoms with Gasteiger partial charge in [0.25, 0.3) is 11.8 Å². The highest BCUT2D eigenvalue weighted by Crippen LogP contribution is 2.40. The van der Waals surface area contributed by atoms with E-state index in [1.807, 2.05) is 19.1 Å². The third-order valence-electron chi connectivity index (χ3n) is 5.34. The highest BCUT2D eigenvalue weighted by molar-refractivity contribution is 8.76. The van der Waals surface area contributed by atoms with Crippen LogP contribution in [0.3, 0.4) is 0 Å². The molecule has 8 nitrogen and oxygen atoms in total. The maximum atomic E-state index is 12.9. The maximum Gasteiger partial charge on any atom is 0.326 e. The van der Waals surface area contributed by atoms with Crippen molar-refractivity contribution in [2.24, 2.45) is 0 Å². The summed E-state index contributed by atoms with van der Waals surface area (Å²) in [7, 11) is 2.64. The van der Waals surface area contributed by atoms with Gasteiger partial charge in [-0.15, -0.1) is 0 Å². The third-order valence-corrected chi connectivity index (χ3v) is 7.82. The van der Waals surface area contributed by atoms with Crippen molar-refractivity contribution in [2.45, 2.75) is 74.2 Å². The predicted molar refractivity (Wildman–Crippen MR) is 141 cm³/mol. The zero-order valence-corrected chi connectivity index (χ0v) is 22.0. The molecule has 194 valence electrons. The average Bonchev–Trinajstić information content (AvgIpc) is 2.85. The first-order valence-electron chi connectivity index (χ1n) is 11.8. The van der Waals surface area contributed by atoms with Gasteiger partial charge in [-0.25, -0.2) is 4.79 Å². The van der Waals surface area contributed by atoms with Crippen molar-refractivity contribution in [3.8, 4) is 0 Å². The number of carbonyl (C=O) groups excluding carboxylic acids is 2. The molecule has 0 saturated heterocycles. The molecule has 2 aromatic rings. The van der Waals surface area contributed by atoms with Gasteiger partial charge < -0.3 is 20.8 Å². The van der Waals surface area contributed by atoms with Crippen molar-refractivity contribution < 1.29 is 29.4 Å². The van der Waals surface area contributed by atoms with Crippen LogP contribution in [-0.4, -0.2) is 46.0 Å². The average molecular weight is 533 g/mol. The number of rotatable bonds is 15. The molecule has 0 bridgehead atoms. The van der Waals surface area contributed by atoms with Crippen LogP contribution in [0.5, 0.6) is 0 Å².